The topological polar surface area (TPSA) is 48.9 Å². The molecule has 3 heterocycles. The standard InChI is InChI=1S/C20H17N3O2/c24-19-21(12-4-2-1-3-5-12)20(25)23-18-11-10-17(22(19)23)15-8-9-16(18)14-7-6-13(14)15/h1-11,13-18H/t13-,14-,15+,16+,17-,18+/m0/s1. The minimum atomic E-state index is -0.239. The van der Waals surface area contributed by atoms with Gasteiger partial charge in [-0.1, -0.05) is 54.7 Å². The summed E-state index contributed by atoms with van der Waals surface area (Å²) in [4.78, 5) is 26.4. The van der Waals surface area contributed by atoms with E-state index in [1.165, 1.54) is 4.57 Å². The van der Waals surface area contributed by atoms with Crippen molar-refractivity contribution in [2.75, 3.05) is 0 Å². The molecule has 2 aliphatic carbocycles. The highest BCUT2D eigenvalue weighted by molar-refractivity contribution is 5.33. The van der Waals surface area contributed by atoms with Crippen molar-refractivity contribution in [3.8, 4) is 5.69 Å². The fourth-order valence-electron chi connectivity index (χ4n) is 5.12. The Morgan fingerprint density at radius 1 is 0.600 bits per heavy atom. The summed E-state index contributed by atoms with van der Waals surface area (Å²) >= 11 is 0. The van der Waals surface area contributed by atoms with Gasteiger partial charge in [-0.05, 0) is 24.0 Å². The number of fused-ring (bicyclic) bond motifs is 2. The third kappa shape index (κ3) is 1.50. The van der Waals surface area contributed by atoms with Gasteiger partial charge < -0.3 is 0 Å². The van der Waals surface area contributed by atoms with Crippen molar-refractivity contribution in [3.63, 3.8) is 0 Å². The summed E-state index contributed by atoms with van der Waals surface area (Å²) in [6, 6.07) is 9.01. The van der Waals surface area contributed by atoms with E-state index in [0.29, 0.717) is 17.5 Å². The van der Waals surface area contributed by atoms with Crippen LogP contribution in [0.1, 0.15) is 12.1 Å². The van der Waals surface area contributed by atoms with E-state index >= 15 is 0 Å². The molecule has 2 aromatic rings. The quantitative estimate of drug-likeness (QED) is 0.751. The Morgan fingerprint density at radius 2 is 1.08 bits per heavy atom. The highest BCUT2D eigenvalue weighted by Crippen LogP contribution is 2.53. The van der Waals surface area contributed by atoms with E-state index in [0.717, 1.165) is 0 Å². The Bertz CT molecular complexity index is 1020. The molecule has 4 bridgehead atoms. The Balaban J connectivity index is 1.66. The minimum Gasteiger partial charge on any atom is -0.245 e. The summed E-state index contributed by atoms with van der Waals surface area (Å²) in [5.41, 5.74) is 0.151. The normalized spacial score (nSPS) is 35.8. The zero-order valence-corrected chi connectivity index (χ0v) is 13.5. The van der Waals surface area contributed by atoms with Gasteiger partial charge in [0.05, 0.1) is 17.8 Å². The van der Waals surface area contributed by atoms with Gasteiger partial charge in [0.1, 0.15) is 0 Å². The van der Waals surface area contributed by atoms with Crippen molar-refractivity contribution in [3.05, 3.63) is 87.8 Å². The molecule has 2 aliphatic heterocycles. The molecule has 1 aromatic heterocycles. The SMILES string of the molecule is O=c1n(-c2ccccc2)c(=O)n2n1[C@@H]1C=C[C@H]2[C@@H]2C=C[C@@H]1[C@H]1C=C[C@@H]12. The molecular formula is C20H17N3O2. The molecule has 0 saturated carbocycles. The van der Waals surface area contributed by atoms with Gasteiger partial charge >= 0.3 is 11.4 Å². The summed E-state index contributed by atoms with van der Waals surface area (Å²) in [6.07, 6.45) is 13.3. The molecule has 6 atom stereocenters. The fraction of sp³-hybridized carbons (Fsp3) is 0.300. The molecule has 5 nitrogen and oxygen atoms in total. The summed E-state index contributed by atoms with van der Waals surface area (Å²) < 4.78 is 4.71. The van der Waals surface area contributed by atoms with E-state index in [2.05, 4.69) is 36.5 Å². The second-order valence-electron chi connectivity index (χ2n) is 7.37. The first-order valence-electron chi connectivity index (χ1n) is 8.82. The van der Waals surface area contributed by atoms with Gasteiger partial charge in [-0.25, -0.2) is 23.5 Å². The number of benzene rings is 1. The Hall–Kier alpha value is -2.82. The number of rotatable bonds is 1. The fourth-order valence-corrected chi connectivity index (χ4v) is 5.12. The van der Waals surface area contributed by atoms with Gasteiger partial charge in [0, 0.05) is 11.8 Å². The van der Waals surface area contributed by atoms with Crippen molar-refractivity contribution in [2.45, 2.75) is 12.1 Å². The average Bonchev–Trinajstić information content (AvgIpc) is 2.85. The lowest BCUT2D eigenvalue weighted by Gasteiger charge is -2.50. The molecule has 0 unspecified atom stereocenters. The number of para-hydroxylation sites is 1. The number of aromatic nitrogens is 3. The number of hydrogen-bond donors (Lipinski definition) is 0. The van der Waals surface area contributed by atoms with Crippen molar-refractivity contribution >= 4 is 0 Å². The van der Waals surface area contributed by atoms with Crippen LogP contribution in [0.5, 0.6) is 0 Å². The van der Waals surface area contributed by atoms with Gasteiger partial charge in [-0.2, -0.15) is 0 Å². The van der Waals surface area contributed by atoms with Crippen molar-refractivity contribution in [1.82, 2.24) is 13.9 Å². The van der Waals surface area contributed by atoms with E-state index in [9.17, 15) is 9.59 Å². The van der Waals surface area contributed by atoms with Crippen LogP contribution in [0.2, 0.25) is 0 Å². The van der Waals surface area contributed by atoms with Gasteiger partial charge in [0.2, 0.25) is 0 Å². The molecular weight excluding hydrogens is 314 g/mol. The molecule has 124 valence electrons. The lowest BCUT2D eigenvalue weighted by atomic mass is 9.59. The summed E-state index contributed by atoms with van der Waals surface area (Å²) in [7, 11) is 0. The largest absolute Gasteiger partial charge is 0.352 e. The van der Waals surface area contributed by atoms with Crippen LogP contribution in [-0.2, 0) is 0 Å². The molecule has 5 heteroatoms. The summed E-state index contributed by atoms with van der Waals surface area (Å²) in [6.45, 7) is 0. The summed E-state index contributed by atoms with van der Waals surface area (Å²) in [5.74, 6) is 1.42. The lowest BCUT2D eigenvalue weighted by Crippen LogP contribution is -2.50. The van der Waals surface area contributed by atoms with Gasteiger partial charge in [-0.15, -0.1) is 0 Å². The van der Waals surface area contributed by atoms with Crippen molar-refractivity contribution < 1.29 is 0 Å². The lowest BCUT2D eigenvalue weighted by molar-refractivity contribution is 0.118. The molecule has 0 spiro atoms. The van der Waals surface area contributed by atoms with Crippen LogP contribution in [0.15, 0.2) is 76.4 Å². The molecule has 1 aromatic carbocycles. The van der Waals surface area contributed by atoms with Crippen molar-refractivity contribution in [2.24, 2.45) is 23.7 Å². The maximum Gasteiger partial charge on any atom is 0.352 e. The predicted molar refractivity (Wildman–Crippen MR) is 93.7 cm³/mol. The van der Waals surface area contributed by atoms with Crippen LogP contribution >= 0.6 is 0 Å². The zero-order valence-electron chi connectivity index (χ0n) is 13.5. The molecule has 6 rings (SSSR count). The third-order valence-electron chi connectivity index (χ3n) is 6.32. The molecule has 0 amide bonds. The van der Waals surface area contributed by atoms with Gasteiger partial charge in [-0.3, -0.25) is 0 Å². The molecule has 0 radical (unpaired) electrons. The number of nitrogens with zero attached hydrogens (tertiary/aromatic N) is 3. The van der Waals surface area contributed by atoms with Crippen LogP contribution in [0.25, 0.3) is 5.69 Å². The first-order valence-corrected chi connectivity index (χ1v) is 8.82. The monoisotopic (exact) mass is 331 g/mol. The smallest absolute Gasteiger partial charge is 0.245 e. The van der Waals surface area contributed by atoms with Crippen LogP contribution in [0.4, 0.5) is 0 Å². The summed E-state index contributed by atoms with van der Waals surface area (Å²) in [5, 5.41) is 0. The van der Waals surface area contributed by atoms with Gasteiger partial charge in [0.25, 0.3) is 0 Å². The van der Waals surface area contributed by atoms with Gasteiger partial charge in [0.15, 0.2) is 0 Å². The third-order valence-corrected chi connectivity index (χ3v) is 6.32. The van der Waals surface area contributed by atoms with E-state index in [1.807, 2.05) is 30.3 Å². The van der Waals surface area contributed by atoms with Crippen LogP contribution in [0, 0.1) is 23.7 Å². The van der Waals surface area contributed by atoms with E-state index in [4.69, 9.17) is 0 Å². The average molecular weight is 331 g/mol. The Labute approximate surface area is 143 Å². The minimum absolute atomic E-state index is 0.101. The van der Waals surface area contributed by atoms with Crippen LogP contribution < -0.4 is 11.4 Å². The molecule has 25 heavy (non-hydrogen) atoms. The second kappa shape index (κ2) is 4.42. The van der Waals surface area contributed by atoms with Crippen LogP contribution in [-0.4, -0.2) is 13.9 Å². The predicted octanol–water partition coefficient (Wildman–Crippen LogP) is 2.07. The first kappa shape index (κ1) is 13.5. The molecule has 0 N–H and O–H groups in total. The molecule has 4 aliphatic rings. The highest BCUT2D eigenvalue weighted by atomic mass is 16.2. The Kier molecular flexibility index (Phi) is 2.38. The Morgan fingerprint density at radius 3 is 1.56 bits per heavy atom. The first-order chi connectivity index (χ1) is 12.3. The van der Waals surface area contributed by atoms with E-state index < -0.39 is 0 Å². The number of allylic oxidation sites excluding steroid dienone is 6. The number of hydrogen-bond acceptors (Lipinski definition) is 2. The van der Waals surface area contributed by atoms with Crippen molar-refractivity contribution in [1.29, 1.82) is 0 Å². The van der Waals surface area contributed by atoms with Crippen LogP contribution in [0.3, 0.4) is 0 Å². The van der Waals surface area contributed by atoms with E-state index in [-0.39, 0.29) is 35.3 Å². The highest BCUT2D eigenvalue weighted by Gasteiger charge is 2.49. The molecule has 0 saturated heterocycles. The molecule has 0 fully saturated rings. The second-order valence-corrected chi connectivity index (χ2v) is 7.37. The van der Waals surface area contributed by atoms with E-state index in [1.54, 1.807) is 9.36 Å². The maximum absolute atomic E-state index is 13.2. The maximum atomic E-state index is 13.2. The zero-order chi connectivity index (χ0) is 16.7.